The number of carbonyl (C=O) groups is 2. The number of methoxy groups -OCH3 is 1. The van der Waals surface area contributed by atoms with Gasteiger partial charge < -0.3 is 20.4 Å². The molecule has 1 heterocycles. The highest BCUT2D eigenvalue weighted by molar-refractivity contribution is 6.07. The lowest BCUT2D eigenvalue weighted by atomic mass is 10.0. The summed E-state index contributed by atoms with van der Waals surface area (Å²) in [6, 6.07) is 28.3. The fourth-order valence-corrected chi connectivity index (χ4v) is 4.38. The van der Waals surface area contributed by atoms with Crippen LogP contribution in [0.3, 0.4) is 0 Å². The average Bonchev–Trinajstić information content (AvgIpc) is 3.27. The van der Waals surface area contributed by atoms with Gasteiger partial charge in [0.2, 0.25) is 0 Å². The maximum absolute atomic E-state index is 13.5. The fraction of sp³-hybridized carbons (Fsp3) is 0.0690. The maximum atomic E-state index is 13.5. The Morgan fingerprint density at radius 1 is 0.865 bits per heavy atom. The number of nitrogens with one attached hydrogen (secondary N) is 3. The van der Waals surface area contributed by atoms with Crippen molar-refractivity contribution in [1.82, 2.24) is 4.57 Å². The van der Waals surface area contributed by atoms with E-state index in [9.17, 15) is 9.59 Å². The van der Waals surface area contributed by atoms with Gasteiger partial charge in [-0.2, -0.15) is 0 Å². The van der Waals surface area contributed by atoms with Gasteiger partial charge in [-0.15, -0.1) is 0 Å². The van der Waals surface area contributed by atoms with E-state index in [0.29, 0.717) is 29.2 Å². The first kappa shape index (κ1) is 23.6. The molecule has 2 amide bonds. The number of amidine groups is 1. The minimum Gasteiger partial charge on any atom is -0.453 e. The van der Waals surface area contributed by atoms with E-state index in [2.05, 4.69) is 39.6 Å². The van der Waals surface area contributed by atoms with E-state index in [-0.39, 0.29) is 11.7 Å². The second kappa shape index (κ2) is 9.87. The third-order valence-corrected chi connectivity index (χ3v) is 6.23. The molecular formula is C29H25N5O3. The van der Waals surface area contributed by atoms with Crippen LogP contribution in [0.4, 0.5) is 16.2 Å². The molecule has 1 aromatic heterocycles. The summed E-state index contributed by atoms with van der Waals surface area (Å²) in [5.74, 6) is -0.319. The number of amides is 2. The molecule has 4 aromatic carbocycles. The van der Waals surface area contributed by atoms with Crippen molar-refractivity contribution in [3.63, 3.8) is 0 Å². The Morgan fingerprint density at radius 3 is 2.30 bits per heavy atom. The van der Waals surface area contributed by atoms with Crippen molar-refractivity contribution in [3.8, 4) is 0 Å². The van der Waals surface area contributed by atoms with Crippen LogP contribution in [-0.2, 0) is 11.3 Å². The van der Waals surface area contributed by atoms with Crippen LogP contribution in [0.5, 0.6) is 0 Å². The third kappa shape index (κ3) is 4.85. The minimum atomic E-state index is -0.570. The number of ether oxygens (including phenoxy) is 1. The van der Waals surface area contributed by atoms with Gasteiger partial charge in [-0.05, 0) is 52.7 Å². The quantitative estimate of drug-likeness (QED) is 0.183. The van der Waals surface area contributed by atoms with Crippen molar-refractivity contribution in [3.05, 3.63) is 108 Å². The number of hydrogen-bond acceptors (Lipinski definition) is 4. The molecule has 5 rings (SSSR count). The smallest absolute Gasteiger partial charge is 0.411 e. The number of hydrogen-bond donors (Lipinski definition) is 4. The highest BCUT2D eigenvalue weighted by Gasteiger charge is 2.18. The van der Waals surface area contributed by atoms with Crippen LogP contribution in [0.2, 0.25) is 0 Å². The van der Waals surface area contributed by atoms with Gasteiger partial charge in [0.15, 0.2) is 0 Å². The van der Waals surface area contributed by atoms with Gasteiger partial charge in [0, 0.05) is 34.4 Å². The first-order valence-electron chi connectivity index (χ1n) is 11.6. The number of anilines is 2. The number of carbonyl (C=O) groups excluding carboxylic acids is 2. The number of nitrogens with two attached hydrogens (primary N) is 1. The zero-order valence-corrected chi connectivity index (χ0v) is 20.1. The molecule has 0 saturated carbocycles. The van der Waals surface area contributed by atoms with Crippen molar-refractivity contribution in [2.45, 2.75) is 6.54 Å². The monoisotopic (exact) mass is 491 g/mol. The van der Waals surface area contributed by atoms with Crippen LogP contribution in [0, 0.1) is 5.41 Å². The Kier molecular flexibility index (Phi) is 6.30. The zero-order chi connectivity index (χ0) is 25.9. The molecule has 0 aliphatic rings. The van der Waals surface area contributed by atoms with E-state index in [4.69, 9.17) is 11.1 Å². The second-order valence-corrected chi connectivity index (χ2v) is 8.59. The van der Waals surface area contributed by atoms with Crippen LogP contribution < -0.4 is 16.4 Å². The molecule has 5 aromatic rings. The molecule has 0 atom stereocenters. The fourth-order valence-electron chi connectivity index (χ4n) is 4.38. The predicted octanol–water partition coefficient (Wildman–Crippen LogP) is 5.56. The summed E-state index contributed by atoms with van der Waals surface area (Å²) >= 11 is 0. The van der Waals surface area contributed by atoms with E-state index in [1.807, 2.05) is 41.0 Å². The van der Waals surface area contributed by atoms with Gasteiger partial charge in [-0.1, -0.05) is 54.6 Å². The molecule has 0 radical (unpaired) electrons. The molecule has 0 spiro atoms. The normalized spacial score (nSPS) is 10.8. The molecule has 8 heteroatoms. The molecular weight excluding hydrogens is 466 g/mol. The molecule has 0 fully saturated rings. The largest absolute Gasteiger partial charge is 0.453 e. The highest BCUT2D eigenvalue weighted by atomic mass is 16.5. The van der Waals surface area contributed by atoms with Gasteiger partial charge in [0.25, 0.3) is 5.91 Å². The molecule has 8 nitrogen and oxygen atoms in total. The van der Waals surface area contributed by atoms with Gasteiger partial charge in [-0.3, -0.25) is 15.5 Å². The Morgan fingerprint density at radius 2 is 1.57 bits per heavy atom. The molecule has 0 bridgehead atoms. The summed E-state index contributed by atoms with van der Waals surface area (Å²) < 4.78 is 6.55. The molecule has 0 unspecified atom stereocenters. The van der Waals surface area contributed by atoms with E-state index < -0.39 is 6.09 Å². The molecule has 0 saturated heterocycles. The standard InChI is InChI=1S/C29H25N5O3/c1-37-29(36)33-23-13-11-22(12-14-23)32-28(35)26-15-19-9-10-20(27(30)31)16-25(19)34(26)17-21-7-4-6-18-5-2-3-8-24(18)21/h2-16H,17H2,1H3,(H3,30,31)(H,32,35)(H,33,36). The van der Waals surface area contributed by atoms with Crippen LogP contribution in [0.25, 0.3) is 21.7 Å². The predicted molar refractivity (Wildman–Crippen MR) is 146 cm³/mol. The van der Waals surface area contributed by atoms with E-state index in [1.165, 1.54) is 7.11 Å². The van der Waals surface area contributed by atoms with E-state index >= 15 is 0 Å². The summed E-state index contributed by atoms with van der Waals surface area (Å²) in [6.45, 7) is 0.455. The Bertz CT molecular complexity index is 1650. The average molecular weight is 492 g/mol. The van der Waals surface area contributed by atoms with Gasteiger partial charge in [0.1, 0.15) is 11.5 Å². The lowest BCUT2D eigenvalue weighted by molar-refractivity contribution is 0.101. The molecule has 0 aliphatic carbocycles. The van der Waals surface area contributed by atoms with Crippen molar-refractivity contribution >= 4 is 50.9 Å². The zero-order valence-electron chi connectivity index (χ0n) is 20.1. The number of rotatable bonds is 6. The van der Waals surface area contributed by atoms with Gasteiger partial charge >= 0.3 is 6.09 Å². The number of fused-ring (bicyclic) bond motifs is 2. The number of aromatic nitrogens is 1. The summed E-state index contributed by atoms with van der Waals surface area (Å²) in [6.07, 6.45) is -0.570. The van der Waals surface area contributed by atoms with E-state index in [1.54, 1.807) is 30.3 Å². The summed E-state index contributed by atoms with van der Waals surface area (Å²) in [4.78, 5) is 24.9. The van der Waals surface area contributed by atoms with Gasteiger partial charge in [-0.25, -0.2) is 4.79 Å². The van der Waals surface area contributed by atoms with Crippen molar-refractivity contribution in [2.24, 2.45) is 5.73 Å². The molecule has 37 heavy (non-hydrogen) atoms. The van der Waals surface area contributed by atoms with Crippen LogP contribution in [-0.4, -0.2) is 29.5 Å². The number of benzene rings is 4. The first-order valence-corrected chi connectivity index (χ1v) is 11.6. The summed E-state index contributed by atoms with van der Waals surface area (Å²) in [7, 11) is 1.29. The van der Waals surface area contributed by atoms with Crippen molar-refractivity contribution < 1.29 is 14.3 Å². The maximum Gasteiger partial charge on any atom is 0.411 e. The first-order chi connectivity index (χ1) is 17.9. The molecule has 5 N–H and O–H groups in total. The highest BCUT2D eigenvalue weighted by Crippen LogP contribution is 2.27. The van der Waals surface area contributed by atoms with Crippen molar-refractivity contribution in [2.75, 3.05) is 17.7 Å². The Balaban J connectivity index is 1.53. The Labute approximate surface area is 213 Å². The van der Waals surface area contributed by atoms with Crippen LogP contribution >= 0.6 is 0 Å². The summed E-state index contributed by atoms with van der Waals surface area (Å²) in [5, 5.41) is 16.5. The molecule has 0 aliphatic heterocycles. The van der Waals surface area contributed by atoms with Crippen molar-refractivity contribution in [1.29, 1.82) is 5.41 Å². The lowest BCUT2D eigenvalue weighted by Gasteiger charge is -2.14. The third-order valence-electron chi connectivity index (χ3n) is 6.23. The topological polar surface area (TPSA) is 122 Å². The number of nitrogens with zero attached hydrogens (tertiary/aromatic N) is 1. The Hall–Kier alpha value is -5.11. The molecule has 184 valence electrons. The minimum absolute atomic E-state index is 0.0357. The van der Waals surface area contributed by atoms with Gasteiger partial charge in [0.05, 0.1) is 7.11 Å². The van der Waals surface area contributed by atoms with Crippen LogP contribution in [0.15, 0.2) is 91.0 Å². The second-order valence-electron chi connectivity index (χ2n) is 8.59. The van der Waals surface area contributed by atoms with Crippen LogP contribution in [0.1, 0.15) is 21.6 Å². The lowest BCUT2D eigenvalue weighted by Crippen LogP contribution is -2.18. The number of nitrogen functional groups attached to an aromatic ring is 1. The van der Waals surface area contributed by atoms with E-state index in [0.717, 1.165) is 27.2 Å². The summed E-state index contributed by atoms with van der Waals surface area (Å²) in [5.41, 5.74) is 9.82. The SMILES string of the molecule is COC(=O)Nc1ccc(NC(=O)c2cc3ccc(C(=N)N)cc3n2Cc2cccc3ccccc23)cc1.